The number of nitrogens with zero attached hydrogens (tertiary/aromatic N) is 1. The van der Waals surface area contributed by atoms with Crippen LogP contribution in [-0.4, -0.2) is 23.1 Å². The maximum atomic E-state index is 12.1. The van der Waals surface area contributed by atoms with Crippen molar-refractivity contribution in [2.24, 2.45) is 0 Å². The van der Waals surface area contributed by atoms with Crippen LogP contribution < -0.4 is 0 Å². The number of carbonyl (C=O) groups is 1. The molecule has 1 aromatic heterocycles. The molecule has 0 spiro atoms. The van der Waals surface area contributed by atoms with Gasteiger partial charge in [0.25, 0.3) is 0 Å². The Morgan fingerprint density at radius 1 is 1.50 bits per heavy atom. The largest absolute Gasteiger partial charge is 0.448 e. The summed E-state index contributed by atoms with van der Waals surface area (Å²) in [6, 6.07) is 3.45. The molecule has 0 aliphatic carbocycles. The number of likely N-dealkylation sites (tertiary alicyclic amines) is 1. The Kier molecular flexibility index (Phi) is 3.57. The highest BCUT2D eigenvalue weighted by molar-refractivity contribution is 6.28. The number of amides is 1. The van der Waals surface area contributed by atoms with Crippen LogP contribution in [0.3, 0.4) is 0 Å². The summed E-state index contributed by atoms with van der Waals surface area (Å²) in [5.41, 5.74) is -0.481. The van der Waals surface area contributed by atoms with E-state index in [1.807, 2.05) is 26.8 Å². The summed E-state index contributed by atoms with van der Waals surface area (Å²) in [4.78, 5) is 13.8. The van der Waals surface area contributed by atoms with Gasteiger partial charge >= 0.3 is 6.09 Å². The lowest BCUT2D eigenvalue weighted by Gasteiger charge is -2.27. The SMILES string of the molecule is CC(C)(C)OC(=O)N1CCC[C@H]1c1ccc(Cl)o1. The summed E-state index contributed by atoms with van der Waals surface area (Å²) < 4.78 is 10.8. The third-order valence-electron chi connectivity index (χ3n) is 2.80. The van der Waals surface area contributed by atoms with E-state index >= 15 is 0 Å². The minimum absolute atomic E-state index is 0.0626. The lowest BCUT2D eigenvalue weighted by atomic mass is 10.2. The molecule has 1 amide bonds. The summed E-state index contributed by atoms with van der Waals surface area (Å²) in [6.45, 7) is 6.27. The fourth-order valence-corrected chi connectivity index (χ4v) is 2.26. The summed E-state index contributed by atoms with van der Waals surface area (Å²) >= 11 is 5.77. The number of furan rings is 1. The van der Waals surface area contributed by atoms with Crippen molar-refractivity contribution in [3.8, 4) is 0 Å². The van der Waals surface area contributed by atoms with Crippen molar-refractivity contribution >= 4 is 17.7 Å². The van der Waals surface area contributed by atoms with E-state index < -0.39 is 5.60 Å². The van der Waals surface area contributed by atoms with Crippen molar-refractivity contribution in [1.82, 2.24) is 4.90 Å². The summed E-state index contributed by atoms with van der Waals surface area (Å²) in [5.74, 6) is 0.725. The molecule has 1 aliphatic rings. The van der Waals surface area contributed by atoms with Gasteiger partial charge in [-0.3, -0.25) is 4.90 Å². The number of rotatable bonds is 1. The predicted molar refractivity (Wildman–Crippen MR) is 68.6 cm³/mol. The molecule has 2 rings (SSSR count). The van der Waals surface area contributed by atoms with Crippen LogP contribution >= 0.6 is 11.6 Å². The topological polar surface area (TPSA) is 42.7 Å². The van der Waals surface area contributed by atoms with E-state index in [1.165, 1.54) is 0 Å². The van der Waals surface area contributed by atoms with Crippen molar-refractivity contribution in [3.05, 3.63) is 23.1 Å². The lowest BCUT2D eigenvalue weighted by Crippen LogP contribution is -2.36. The quantitative estimate of drug-likeness (QED) is 0.775. The Morgan fingerprint density at radius 2 is 2.22 bits per heavy atom. The fraction of sp³-hybridized carbons (Fsp3) is 0.615. The van der Waals surface area contributed by atoms with Crippen LogP contribution in [0.15, 0.2) is 16.5 Å². The first kappa shape index (κ1) is 13.3. The summed E-state index contributed by atoms with van der Waals surface area (Å²) in [7, 11) is 0. The monoisotopic (exact) mass is 271 g/mol. The Bertz CT molecular complexity index is 436. The van der Waals surface area contributed by atoms with Crippen LogP contribution in [0, 0.1) is 0 Å². The number of carbonyl (C=O) groups excluding carboxylic acids is 1. The molecule has 100 valence electrons. The van der Waals surface area contributed by atoms with E-state index in [2.05, 4.69) is 0 Å². The van der Waals surface area contributed by atoms with Gasteiger partial charge < -0.3 is 9.15 Å². The first-order chi connectivity index (χ1) is 8.37. The molecule has 1 atom stereocenters. The molecular formula is C13H18ClNO3. The van der Waals surface area contributed by atoms with Gasteiger partial charge in [0, 0.05) is 6.54 Å². The van der Waals surface area contributed by atoms with Gasteiger partial charge in [-0.25, -0.2) is 4.79 Å². The zero-order valence-electron chi connectivity index (χ0n) is 10.9. The molecule has 1 saturated heterocycles. The number of halogens is 1. The van der Waals surface area contributed by atoms with Crippen LogP contribution in [0.1, 0.15) is 45.4 Å². The Hall–Kier alpha value is -1.16. The van der Waals surface area contributed by atoms with Gasteiger partial charge in [-0.05, 0) is 57.3 Å². The second-order valence-corrected chi connectivity index (χ2v) is 5.85. The molecule has 5 heteroatoms. The Balaban J connectivity index is 2.10. The third kappa shape index (κ3) is 2.99. The Labute approximate surface area is 112 Å². The number of hydrogen-bond donors (Lipinski definition) is 0. The number of ether oxygens (including phenoxy) is 1. The maximum Gasteiger partial charge on any atom is 0.410 e. The van der Waals surface area contributed by atoms with Gasteiger partial charge in [-0.2, -0.15) is 0 Å². The molecule has 0 bridgehead atoms. The van der Waals surface area contributed by atoms with Gasteiger partial charge in [-0.1, -0.05) is 0 Å². The molecule has 1 fully saturated rings. The smallest absolute Gasteiger partial charge is 0.410 e. The van der Waals surface area contributed by atoms with Gasteiger partial charge in [0.2, 0.25) is 0 Å². The normalized spacial score (nSPS) is 20.2. The highest BCUT2D eigenvalue weighted by Gasteiger charge is 2.34. The van der Waals surface area contributed by atoms with E-state index in [9.17, 15) is 4.79 Å². The molecule has 18 heavy (non-hydrogen) atoms. The van der Waals surface area contributed by atoms with Crippen molar-refractivity contribution in [3.63, 3.8) is 0 Å². The van der Waals surface area contributed by atoms with Crippen LogP contribution in [0.25, 0.3) is 0 Å². The second kappa shape index (κ2) is 4.84. The zero-order valence-corrected chi connectivity index (χ0v) is 11.7. The molecule has 2 heterocycles. The predicted octanol–water partition coefficient (Wildman–Crippen LogP) is 4.01. The van der Waals surface area contributed by atoms with Gasteiger partial charge in [-0.15, -0.1) is 0 Å². The third-order valence-corrected chi connectivity index (χ3v) is 3.01. The zero-order chi connectivity index (χ0) is 13.3. The average molecular weight is 272 g/mol. The first-order valence-electron chi connectivity index (χ1n) is 6.12. The van der Waals surface area contributed by atoms with Gasteiger partial charge in [0.15, 0.2) is 5.22 Å². The highest BCUT2D eigenvalue weighted by atomic mass is 35.5. The van der Waals surface area contributed by atoms with E-state index in [-0.39, 0.29) is 12.1 Å². The fourth-order valence-electron chi connectivity index (χ4n) is 2.11. The van der Waals surface area contributed by atoms with Crippen LogP contribution in [0.5, 0.6) is 0 Å². The molecule has 1 aromatic rings. The maximum absolute atomic E-state index is 12.1. The van der Waals surface area contributed by atoms with Gasteiger partial charge in [0.05, 0.1) is 6.04 Å². The van der Waals surface area contributed by atoms with E-state index in [4.69, 9.17) is 20.8 Å². The van der Waals surface area contributed by atoms with E-state index in [1.54, 1.807) is 11.0 Å². The number of hydrogen-bond acceptors (Lipinski definition) is 3. The molecule has 0 unspecified atom stereocenters. The Morgan fingerprint density at radius 3 is 2.78 bits per heavy atom. The van der Waals surface area contributed by atoms with Crippen molar-refractivity contribution in [2.75, 3.05) is 6.54 Å². The second-order valence-electron chi connectivity index (χ2n) is 5.47. The van der Waals surface area contributed by atoms with Crippen molar-refractivity contribution in [1.29, 1.82) is 0 Å². The molecule has 0 radical (unpaired) electrons. The highest BCUT2D eigenvalue weighted by Crippen LogP contribution is 2.34. The molecule has 0 aromatic carbocycles. The summed E-state index contributed by atoms with van der Waals surface area (Å²) in [6.07, 6.45) is 1.53. The molecule has 0 saturated carbocycles. The van der Waals surface area contributed by atoms with E-state index in [0.717, 1.165) is 18.6 Å². The van der Waals surface area contributed by atoms with Crippen LogP contribution in [-0.2, 0) is 4.74 Å². The van der Waals surface area contributed by atoms with E-state index in [0.29, 0.717) is 11.8 Å². The molecule has 1 aliphatic heterocycles. The summed E-state index contributed by atoms with van der Waals surface area (Å²) in [5, 5.41) is 0.348. The van der Waals surface area contributed by atoms with Crippen LogP contribution in [0.2, 0.25) is 5.22 Å². The minimum atomic E-state index is -0.481. The standard InChI is InChI=1S/C13H18ClNO3/c1-13(2,3)18-12(16)15-8-4-5-9(15)10-6-7-11(14)17-10/h6-7,9H,4-5,8H2,1-3H3/t9-/m0/s1. The lowest BCUT2D eigenvalue weighted by molar-refractivity contribution is 0.0208. The van der Waals surface area contributed by atoms with Crippen molar-refractivity contribution < 1.29 is 13.9 Å². The van der Waals surface area contributed by atoms with Crippen molar-refractivity contribution in [2.45, 2.75) is 45.3 Å². The molecule has 4 nitrogen and oxygen atoms in total. The first-order valence-corrected chi connectivity index (χ1v) is 6.49. The molecular weight excluding hydrogens is 254 g/mol. The average Bonchev–Trinajstić information content (AvgIpc) is 2.81. The minimum Gasteiger partial charge on any atom is -0.448 e. The van der Waals surface area contributed by atoms with Crippen LogP contribution in [0.4, 0.5) is 4.79 Å². The molecule has 0 N–H and O–H groups in total. The van der Waals surface area contributed by atoms with Gasteiger partial charge in [0.1, 0.15) is 11.4 Å².